The number of sulfonamides is 1. The molecule has 0 spiro atoms. The van der Waals surface area contributed by atoms with Crippen LogP contribution in [-0.4, -0.2) is 44.8 Å². The number of carbonyl (C=O) groups excluding carboxylic acids is 2. The third kappa shape index (κ3) is 7.94. The van der Waals surface area contributed by atoms with Crippen molar-refractivity contribution in [3.63, 3.8) is 0 Å². The third-order valence-electron chi connectivity index (χ3n) is 7.73. The van der Waals surface area contributed by atoms with Gasteiger partial charge < -0.3 is 10.2 Å². The van der Waals surface area contributed by atoms with Crippen LogP contribution in [0.2, 0.25) is 0 Å². The Morgan fingerprint density at radius 3 is 1.86 bits per heavy atom. The molecule has 8 heteroatoms. The van der Waals surface area contributed by atoms with Crippen molar-refractivity contribution >= 4 is 27.5 Å². The molecule has 1 atom stereocenters. The molecule has 0 aliphatic carbocycles. The van der Waals surface area contributed by atoms with Crippen molar-refractivity contribution in [2.45, 2.75) is 57.5 Å². The molecule has 0 fully saturated rings. The third-order valence-corrected chi connectivity index (χ3v) is 9.51. The summed E-state index contributed by atoms with van der Waals surface area (Å²) < 4.78 is 29.4. The predicted molar refractivity (Wildman–Crippen MR) is 176 cm³/mol. The molecule has 1 N–H and O–H groups in total. The molecule has 230 valence electrons. The zero-order chi connectivity index (χ0) is 31.9. The fourth-order valence-corrected chi connectivity index (χ4v) is 6.42. The van der Waals surface area contributed by atoms with Gasteiger partial charge in [-0.15, -0.1) is 0 Å². The summed E-state index contributed by atoms with van der Waals surface area (Å²) in [5.74, 6) is -0.564. The van der Waals surface area contributed by atoms with Gasteiger partial charge in [-0.3, -0.25) is 13.9 Å². The molecule has 1 unspecified atom stereocenters. The molecule has 0 saturated heterocycles. The number of hydrogen-bond acceptors (Lipinski definition) is 4. The number of hydrogen-bond donors (Lipinski definition) is 1. The summed E-state index contributed by atoms with van der Waals surface area (Å²) in [4.78, 5) is 29.4. The Bertz CT molecular complexity index is 1650. The van der Waals surface area contributed by atoms with Gasteiger partial charge in [0.05, 0.1) is 10.6 Å². The van der Waals surface area contributed by atoms with E-state index in [4.69, 9.17) is 0 Å². The minimum Gasteiger partial charge on any atom is -0.357 e. The number of benzene rings is 4. The van der Waals surface area contributed by atoms with E-state index in [1.807, 2.05) is 80.6 Å². The van der Waals surface area contributed by atoms with Gasteiger partial charge in [-0.05, 0) is 60.7 Å². The fourth-order valence-electron chi connectivity index (χ4n) is 5.00. The van der Waals surface area contributed by atoms with E-state index in [9.17, 15) is 18.0 Å². The first-order valence-electron chi connectivity index (χ1n) is 14.8. The minimum absolute atomic E-state index is 0.0843. The Hall–Kier alpha value is -4.43. The van der Waals surface area contributed by atoms with Crippen LogP contribution in [0.1, 0.15) is 47.6 Å². The van der Waals surface area contributed by atoms with Crippen LogP contribution in [0.4, 0.5) is 5.69 Å². The van der Waals surface area contributed by atoms with Crippen molar-refractivity contribution in [2.75, 3.05) is 17.9 Å². The number of amides is 2. The normalized spacial score (nSPS) is 12.0. The molecule has 4 aromatic rings. The average molecular weight is 612 g/mol. The highest BCUT2D eigenvalue weighted by Gasteiger charge is 2.34. The largest absolute Gasteiger partial charge is 0.357 e. The van der Waals surface area contributed by atoms with Crippen molar-refractivity contribution < 1.29 is 18.0 Å². The van der Waals surface area contributed by atoms with Gasteiger partial charge in [0.25, 0.3) is 10.0 Å². The van der Waals surface area contributed by atoms with Crippen molar-refractivity contribution in [1.82, 2.24) is 10.2 Å². The topological polar surface area (TPSA) is 86.8 Å². The number of nitrogens with one attached hydrogen (secondary N) is 1. The zero-order valence-electron chi connectivity index (χ0n) is 26.0. The number of aryl methyl sites for hydroxylation is 2. The van der Waals surface area contributed by atoms with Gasteiger partial charge in [0, 0.05) is 20.0 Å². The van der Waals surface area contributed by atoms with E-state index >= 15 is 0 Å². The molecule has 0 aliphatic heterocycles. The Balaban J connectivity index is 1.79. The maximum Gasteiger partial charge on any atom is 0.264 e. The standard InChI is InChI=1S/C36H41N3O4S/c1-26(2)31-17-19-32(20-18-31)39(44(42,43)33-21-13-28(4)14-22-33)25-35(40)38(24-30-15-11-27(3)12-16-30)34(36(41)37-5)23-29-9-7-6-8-10-29/h6-22,26,34H,23-25H2,1-5H3,(H,37,41). The van der Waals surface area contributed by atoms with Gasteiger partial charge in [-0.1, -0.05) is 104 Å². The highest BCUT2D eigenvalue weighted by atomic mass is 32.2. The first-order chi connectivity index (χ1) is 21.0. The maximum absolute atomic E-state index is 14.4. The molecule has 4 rings (SSSR count). The molecule has 0 radical (unpaired) electrons. The quantitative estimate of drug-likeness (QED) is 0.213. The Kier molecular flexibility index (Phi) is 10.6. The van der Waals surface area contributed by atoms with Crippen molar-refractivity contribution in [3.05, 3.63) is 131 Å². The Morgan fingerprint density at radius 2 is 1.32 bits per heavy atom. The lowest BCUT2D eigenvalue weighted by Gasteiger charge is -2.33. The maximum atomic E-state index is 14.4. The lowest BCUT2D eigenvalue weighted by molar-refractivity contribution is -0.139. The van der Waals surface area contributed by atoms with Gasteiger partial charge in [-0.25, -0.2) is 8.42 Å². The number of anilines is 1. The van der Waals surface area contributed by atoms with E-state index in [0.717, 1.165) is 32.1 Å². The molecule has 0 heterocycles. The predicted octanol–water partition coefficient (Wildman–Crippen LogP) is 6.01. The Morgan fingerprint density at radius 1 is 0.750 bits per heavy atom. The molecule has 7 nitrogen and oxygen atoms in total. The summed E-state index contributed by atoms with van der Waals surface area (Å²) in [6.07, 6.45) is 0.270. The Labute approximate surface area is 261 Å². The fraction of sp³-hybridized carbons (Fsp3) is 0.278. The molecule has 0 aliphatic rings. The molecule has 0 bridgehead atoms. The second-order valence-electron chi connectivity index (χ2n) is 11.4. The lowest BCUT2D eigenvalue weighted by atomic mass is 10.0. The van der Waals surface area contributed by atoms with Gasteiger partial charge >= 0.3 is 0 Å². The molecule has 0 saturated carbocycles. The van der Waals surface area contributed by atoms with Crippen LogP contribution >= 0.6 is 0 Å². The number of nitrogens with zero attached hydrogens (tertiary/aromatic N) is 2. The molecular formula is C36H41N3O4S. The first kappa shape index (κ1) is 32.5. The van der Waals surface area contributed by atoms with Crippen LogP contribution in [0.15, 0.2) is 108 Å². The van der Waals surface area contributed by atoms with E-state index in [2.05, 4.69) is 19.2 Å². The summed E-state index contributed by atoms with van der Waals surface area (Å²) in [5.41, 5.74) is 5.14. The molecular weight excluding hydrogens is 570 g/mol. The van der Waals surface area contributed by atoms with Gasteiger partial charge in [0.1, 0.15) is 12.6 Å². The summed E-state index contributed by atoms with van der Waals surface area (Å²) in [6, 6.07) is 30.2. The van der Waals surface area contributed by atoms with Crippen molar-refractivity contribution in [1.29, 1.82) is 0 Å². The van der Waals surface area contributed by atoms with E-state index in [1.54, 1.807) is 43.4 Å². The van der Waals surface area contributed by atoms with Crippen LogP contribution in [0, 0.1) is 13.8 Å². The smallest absolute Gasteiger partial charge is 0.264 e. The monoisotopic (exact) mass is 611 g/mol. The number of likely N-dealkylation sites (N-methyl/N-ethyl adjacent to an activating group) is 1. The zero-order valence-corrected chi connectivity index (χ0v) is 26.8. The summed E-state index contributed by atoms with van der Waals surface area (Å²) >= 11 is 0. The highest BCUT2D eigenvalue weighted by Crippen LogP contribution is 2.27. The van der Waals surface area contributed by atoms with E-state index in [1.165, 1.54) is 4.90 Å². The minimum atomic E-state index is -4.14. The van der Waals surface area contributed by atoms with E-state index < -0.39 is 28.5 Å². The van der Waals surface area contributed by atoms with Gasteiger partial charge in [0.15, 0.2) is 0 Å². The van der Waals surface area contributed by atoms with Gasteiger partial charge in [0.2, 0.25) is 11.8 Å². The van der Waals surface area contributed by atoms with Crippen LogP contribution in [0.3, 0.4) is 0 Å². The van der Waals surface area contributed by atoms with Gasteiger partial charge in [-0.2, -0.15) is 0 Å². The second-order valence-corrected chi connectivity index (χ2v) is 13.3. The highest BCUT2D eigenvalue weighted by molar-refractivity contribution is 7.92. The summed E-state index contributed by atoms with van der Waals surface area (Å²) in [7, 11) is -2.60. The average Bonchev–Trinajstić information content (AvgIpc) is 3.02. The molecule has 44 heavy (non-hydrogen) atoms. The number of rotatable bonds is 12. The number of carbonyl (C=O) groups is 2. The summed E-state index contributed by atoms with van der Waals surface area (Å²) in [6.45, 7) is 7.65. The second kappa shape index (κ2) is 14.4. The van der Waals surface area contributed by atoms with Crippen LogP contribution in [0.25, 0.3) is 0 Å². The molecule has 0 aromatic heterocycles. The van der Waals surface area contributed by atoms with Crippen LogP contribution in [0.5, 0.6) is 0 Å². The molecule has 4 aromatic carbocycles. The van der Waals surface area contributed by atoms with Crippen LogP contribution in [-0.2, 0) is 32.6 Å². The van der Waals surface area contributed by atoms with E-state index in [-0.39, 0.29) is 29.7 Å². The van der Waals surface area contributed by atoms with Crippen molar-refractivity contribution in [3.8, 4) is 0 Å². The first-order valence-corrected chi connectivity index (χ1v) is 16.2. The van der Waals surface area contributed by atoms with Crippen molar-refractivity contribution in [2.24, 2.45) is 0 Å². The lowest BCUT2D eigenvalue weighted by Crippen LogP contribution is -2.53. The van der Waals surface area contributed by atoms with E-state index in [0.29, 0.717) is 5.69 Å². The summed E-state index contributed by atoms with van der Waals surface area (Å²) in [5, 5.41) is 2.71. The SMILES string of the molecule is CNC(=O)C(Cc1ccccc1)N(Cc1ccc(C)cc1)C(=O)CN(c1ccc(C(C)C)cc1)S(=O)(=O)c1ccc(C)cc1. The molecule has 2 amide bonds. The van der Waals surface area contributed by atoms with Crippen LogP contribution < -0.4 is 9.62 Å².